The van der Waals surface area contributed by atoms with Crippen molar-refractivity contribution in [3.8, 4) is 0 Å². The lowest BCUT2D eigenvalue weighted by Crippen LogP contribution is -2.56. The zero-order valence-corrected chi connectivity index (χ0v) is 11.0. The van der Waals surface area contributed by atoms with Gasteiger partial charge in [0.15, 0.2) is 0 Å². The number of rotatable bonds is 2. The fourth-order valence-electron chi connectivity index (χ4n) is 2.34. The second kappa shape index (κ2) is 5.40. The number of hydrogen-bond acceptors (Lipinski definition) is 4. The van der Waals surface area contributed by atoms with E-state index in [9.17, 15) is 14.4 Å². The molecule has 7 nitrogen and oxygen atoms in total. The molecule has 2 atom stereocenters. The molecule has 1 aliphatic rings. The maximum Gasteiger partial charge on any atom is 0.328 e. The highest BCUT2D eigenvalue weighted by Crippen LogP contribution is 2.04. The van der Waals surface area contributed by atoms with Crippen LogP contribution in [0.15, 0.2) is 21.9 Å². The lowest BCUT2D eigenvalue weighted by Gasteiger charge is -2.36. The van der Waals surface area contributed by atoms with Gasteiger partial charge in [0.1, 0.15) is 6.54 Å². The number of carbonyl (C=O) groups is 1. The van der Waals surface area contributed by atoms with E-state index in [1.54, 1.807) is 4.90 Å². The summed E-state index contributed by atoms with van der Waals surface area (Å²) in [7, 11) is 0. The van der Waals surface area contributed by atoms with Gasteiger partial charge in [-0.15, -0.1) is 0 Å². The minimum Gasteiger partial charge on any atom is -0.338 e. The van der Waals surface area contributed by atoms with Crippen LogP contribution in [0.4, 0.5) is 0 Å². The number of nitrogens with zero attached hydrogens (tertiary/aromatic N) is 2. The molecule has 0 aliphatic carbocycles. The highest BCUT2D eigenvalue weighted by atomic mass is 16.2. The lowest BCUT2D eigenvalue weighted by molar-refractivity contribution is -0.133. The van der Waals surface area contributed by atoms with Crippen molar-refractivity contribution in [2.24, 2.45) is 0 Å². The SMILES string of the molecule is C[C@@H]1CN(C(=O)Cn2ccc(=O)[nH]c2=O)C[C@@H](C)N1. The van der Waals surface area contributed by atoms with E-state index in [4.69, 9.17) is 0 Å². The Kier molecular flexibility index (Phi) is 3.84. The smallest absolute Gasteiger partial charge is 0.328 e. The van der Waals surface area contributed by atoms with Crippen molar-refractivity contribution in [2.75, 3.05) is 13.1 Å². The second-order valence-corrected chi connectivity index (χ2v) is 5.01. The molecule has 0 saturated carbocycles. The summed E-state index contributed by atoms with van der Waals surface area (Å²) in [6, 6.07) is 1.71. The van der Waals surface area contributed by atoms with Gasteiger partial charge in [0.05, 0.1) is 0 Å². The van der Waals surface area contributed by atoms with Gasteiger partial charge in [-0.2, -0.15) is 0 Å². The number of nitrogens with one attached hydrogen (secondary N) is 2. The molecular formula is C12H18N4O3. The first kappa shape index (κ1) is 13.5. The molecule has 2 heterocycles. The number of amides is 1. The Balaban J connectivity index is 2.08. The van der Waals surface area contributed by atoms with Crippen LogP contribution in [0, 0.1) is 0 Å². The van der Waals surface area contributed by atoms with Gasteiger partial charge in [0.25, 0.3) is 5.56 Å². The molecule has 19 heavy (non-hydrogen) atoms. The van der Waals surface area contributed by atoms with Crippen LogP contribution in [0.3, 0.4) is 0 Å². The first-order valence-electron chi connectivity index (χ1n) is 6.29. The molecule has 0 bridgehead atoms. The fraction of sp³-hybridized carbons (Fsp3) is 0.583. The monoisotopic (exact) mass is 266 g/mol. The van der Waals surface area contributed by atoms with Gasteiger partial charge in [0, 0.05) is 37.4 Å². The van der Waals surface area contributed by atoms with E-state index in [0.717, 1.165) is 0 Å². The molecular weight excluding hydrogens is 248 g/mol. The summed E-state index contributed by atoms with van der Waals surface area (Å²) in [6.07, 6.45) is 1.34. The van der Waals surface area contributed by atoms with Crippen molar-refractivity contribution in [3.05, 3.63) is 33.1 Å². The van der Waals surface area contributed by atoms with Gasteiger partial charge in [-0.1, -0.05) is 0 Å². The van der Waals surface area contributed by atoms with Crippen LogP contribution < -0.4 is 16.6 Å². The van der Waals surface area contributed by atoms with E-state index in [1.807, 2.05) is 13.8 Å². The lowest BCUT2D eigenvalue weighted by atomic mass is 10.1. The molecule has 0 unspecified atom stereocenters. The Hall–Kier alpha value is -1.89. The predicted octanol–water partition coefficient (Wildman–Crippen LogP) is -1.25. The van der Waals surface area contributed by atoms with Crippen LogP contribution in [0.25, 0.3) is 0 Å². The molecule has 2 N–H and O–H groups in total. The minimum atomic E-state index is -0.558. The van der Waals surface area contributed by atoms with Crippen LogP contribution >= 0.6 is 0 Å². The van der Waals surface area contributed by atoms with Crippen molar-refractivity contribution in [1.29, 1.82) is 0 Å². The summed E-state index contributed by atoms with van der Waals surface area (Å²) in [6.45, 7) is 5.24. The first-order valence-corrected chi connectivity index (χ1v) is 6.29. The number of carbonyl (C=O) groups excluding carboxylic acids is 1. The van der Waals surface area contributed by atoms with E-state index in [1.165, 1.54) is 16.8 Å². The number of hydrogen-bond donors (Lipinski definition) is 2. The summed E-state index contributed by atoms with van der Waals surface area (Å²) in [4.78, 5) is 38.5. The minimum absolute atomic E-state index is 0.0466. The molecule has 1 aromatic rings. The van der Waals surface area contributed by atoms with Crippen molar-refractivity contribution < 1.29 is 4.79 Å². The van der Waals surface area contributed by atoms with Crippen LogP contribution in [0.2, 0.25) is 0 Å². The Morgan fingerprint density at radius 1 is 1.32 bits per heavy atom. The van der Waals surface area contributed by atoms with Crippen molar-refractivity contribution in [2.45, 2.75) is 32.5 Å². The summed E-state index contributed by atoms with van der Waals surface area (Å²) in [5.41, 5.74) is -1.02. The zero-order chi connectivity index (χ0) is 14.0. The highest BCUT2D eigenvalue weighted by molar-refractivity contribution is 5.76. The largest absolute Gasteiger partial charge is 0.338 e. The van der Waals surface area contributed by atoms with Crippen LogP contribution in [-0.4, -0.2) is 45.5 Å². The molecule has 104 valence electrons. The molecule has 1 saturated heterocycles. The molecule has 1 amide bonds. The second-order valence-electron chi connectivity index (χ2n) is 5.01. The molecule has 0 radical (unpaired) electrons. The number of aromatic amines is 1. The van der Waals surface area contributed by atoms with E-state index < -0.39 is 11.2 Å². The van der Waals surface area contributed by atoms with Gasteiger partial charge in [-0.05, 0) is 13.8 Å². The van der Waals surface area contributed by atoms with Crippen molar-refractivity contribution in [1.82, 2.24) is 19.8 Å². The topological polar surface area (TPSA) is 87.2 Å². The summed E-state index contributed by atoms with van der Waals surface area (Å²) < 4.78 is 1.21. The average molecular weight is 266 g/mol. The fourth-order valence-corrected chi connectivity index (χ4v) is 2.34. The Bertz CT molecular complexity index is 567. The van der Waals surface area contributed by atoms with Crippen molar-refractivity contribution in [3.63, 3.8) is 0 Å². The third-order valence-electron chi connectivity index (χ3n) is 3.11. The summed E-state index contributed by atoms with van der Waals surface area (Å²) >= 11 is 0. The van der Waals surface area contributed by atoms with Gasteiger partial charge in [-0.3, -0.25) is 19.1 Å². The number of aromatic nitrogens is 2. The Labute approximate surface area is 110 Å². The van der Waals surface area contributed by atoms with Crippen LogP contribution in [-0.2, 0) is 11.3 Å². The molecule has 1 aliphatic heterocycles. The van der Waals surface area contributed by atoms with Gasteiger partial charge in [0.2, 0.25) is 5.91 Å². The van der Waals surface area contributed by atoms with Gasteiger partial charge < -0.3 is 10.2 Å². The number of H-pyrrole nitrogens is 1. The molecule has 1 fully saturated rings. The normalized spacial score (nSPS) is 23.4. The average Bonchev–Trinajstić information content (AvgIpc) is 2.31. The molecule has 7 heteroatoms. The van der Waals surface area contributed by atoms with E-state index >= 15 is 0 Å². The highest BCUT2D eigenvalue weighted by Gasteiger charge is 2.24. The van der Waals surface area contributed by atoms with Crippen LogP contribution in [0.5, 0.6) is 0 Å². The molecule has 0 spiro atoms. The standard InChI is InChI=1S/C12H18N4O3/c1-8-5-16(6-9(2)13-8)11(18)7-15-4-3-10(17)14-12(15)19/h3-4,8-9,13H,5-7H2,1-2H3,(H,14,17,19)/t8-,9-/m1/s1. The summed E-state index contributed by atoms with van der Waals surface area (Å²) in [5.74, 6) is -0.116. The first-order chi connectivity index (χ1) is 8.95. The third kappa shape index (κ3) is 3.31. The van der Waals surface area contributed by atoms with E-state index in [2.05, 4.69) is 10.3 Å². The Morgan fingerprint density at radius 2 is 1.95 bits per heavy atom. The van der Waals surface area contributed by atoms with E-state index in [-0.39, 0.29) is 24.5 Å². The Morgan fingerprint density at radius 3 is 2.53 bits per heavy atom. The quantitative estimate of drug-likeness (QED) is 0.700. The third-order valence-corrected chi connectivity index (χ3v) is 3.11. The maximum atomic E-state index is 12.1. The molecule has 0 aromatic carbocycles. The van der Waals surface area contributed by atoms with Gasteiger partial charge >= 0.3 is 5.69 Å². The molecule has 2 rings (SSSR count). The van der Waals surface area contributed by atoms with Crippen LogP contribution in [0.1, 0.15) is 13.8 Å². The predicted molar refractivity (Wildman–Crippen MR) is 70.0 cm³/mol. The van der Waals surface area contributed by atoms with Gasteiger partial charge in [-0.25, -0.2) is 4.79 Å². The maximum absolute atomic E-state index is 12.1. The number of piperazine rings is 1. The van der Waals surface area contributed by atoms with Crippen molar-refractivity contribution >= 4 is 5.91 Å². The zero-order valence-electron chi connectivity index (χ0n) is 11.0. The molecule has 1 aromatic heterocycles. The summed E-state index contributed by atoms with van der Waals surface area (Å²) in [5, 5.41) is 3.34. The van der Waals surface area contributed by atoms with E-state index in [0.29, 0.717) is 13.1 Å².